The average molecular weight is 297 g/mol. The number of likely N-dealkylation sites (N-methyl/N-ethyl adjacent to an activating group) is 1. The van der Waals surface area contributed by atoms with Crippen molar-refractivity contribution < 1.29 is 18.9 Å². The molecule has 0 aliphatic carbocycles. The van der Waals surface area contributed by atoms with Gasteiger partial charge in [0.2, 0.25) is 0 Å². The van der Waals surface area contributed by atoms with E-state index in [0.29, 0.717) is 18.1 Å². The van der Waals surface area contributed by atoms with E-state index >= 15 is 0 Å². The van der Waals surface area contributed by atoms with Gasteiger partial charge >= 0.3 is 0 Å². The van der Waals surface area contributed by atoms with Gasteiger partial charge in [0, 0.05) is 6.07 Å². The fourth-order valence-corrected chi connectivity index (χ4v) is 2.39. The lowest BCUT2D eigenvalue weighted by atomic mass is 10.3. The number of rotatable bonds is 9. The Labute approximate surface area is 126 Å². The van der Waals surface area contributed by atoms with Crippen molar-refractivity contribution in [1.82, 2.24) is 0 Å². The van der Waals surface area contributed by atoms with Crippen LogP contribution in [-0.4, -0.2) is 49.3 Å². The van der Waals surface area contributed by atoms with Gasteiger partial charge in [-0.2, -0.15) is 0 Å². The van der Waals surface area contributed by atoms with Gasteiger partial charge in [-0.3, -0.25) is 10.1 Å². The molecule has 0 unspecified atom stereocenters. The smallest absolute Gasteiger partial charge is 0.273 e. The van der Waals surface area contributed by atoms with E-state index in [9.17, 15) is 10.1 Å². The number of quaternary nitrogens is 1. The van der Waals surface area contributed by atoms with Crippen LogP contribution < -0.4 is 9.47 Å². The highest BCUT2D eigenvalue weighted by atomic mass is 16.6. The molecule has 0 saturated carbocycles. The lowest BCUT2D eigenvalue weighted by molar-refractivity contribution is -0.923. The third-order valence-corrected chi connectivity index (χ3v) is 4.19. The molecule has 0 aliphatic rings. The lowest BCUT2D eigenvalue weighted by Gasteiger charge is -2.35. The number of benzene rings is 1. The third kappa shape index (κ3) is 4.32. The predicted molar refractivity (Wildman–Crippen MR) is 81.9 cm³/mol. The number of hydrogen-bond acceptors (Lipinski definition) is 4. The highest BCUT2D eigenvalue weighted by Gasteiger charge is 2.21. The zero-order valence-corrected chi connectivity index (χ0v) is 13.3. The van der Waals surface area contributed by atoms with Gasteiger partial charge in [-0.15, -0.1) is 0 Å². The molecule has 0 heterocycles. The zero-order chi connectivity index (χ0) is 15.9. The van der Waals surface area contributed by atoms with E-state index in [4.69, 9.17) is 9.47 Å². The number of nitro groups is 1. The maximum Gasteiger partial charge on any atom is 0.273 e. The molecule has 6 nitrogen and oxygen atoms in total. The molecule has 0 fully saturated rings. The number of methoxy groups -OCH3 is 1. The maximum absolute atomic E-state index is 10.8. The quantitative estimate of drug-likeness (QED) is 0.399. The molecule has 21 heavy (non-hydrogen) atoms. The molecule has 1 aromatic carbocycles. The summed E-state index contributed by atoms with van der Waals surface area (Å²) >= 11 is 0. The number of non-ortho nitro benzene ring substituents is 1. The molecule has 0 bridgehead atoms. The SMILES string of the molecule is CC[N+](CC)(CC)CCOc1cc([N+](=O)[O-])ccc1OC. The molecule has 6 heteroatoms. The summed E-state index contributed by atoms with van der Waals surface area (Å²) in [5, 5.41) is 10.8. The van der Waals surface area contributed by atoms with Gasteiger partial charge in [0.1, 0.15) is 13.2 Å². The van der Waals surface area contributed by atoms with Crippen LogP contribution in [0.5, 0.6) is 11.5 Å². The molecular formula is C15H25N2O4+. The van der Waals surface area contributed by atoms with Crippen LogP contribution in [-0.2, 0) is 0 Å². The summed E-state index contributed by atoms with van der Waals surface area (Å²) in [7, 11) is 1.53. The fourth-order valence-electron chi connectivity index (χ4n) is 2.39. The highest BCUT2D eigenvalue weighted by Crippen LogP contribution is 2.31. The van der Waals surface area contributed by atoms with Crippen LogP contribution in [0.3, 0.4) is 0 Å². The van der Waals surface area contributed by atoms with Crippen molar-refractivity contribution in [3.8, 4) is 11.5 Å². The minimum Gasteiger partial charge on any atom is -0.493 e. The first-order valence-electron chi connectivity index (χ1n) is 7.32. The summed E-state index contributed by atoms with van der Waals surface area (Å²) in [6.07, 6.45) is 0. The second-order valence-electron chi connectivity index (χ2n) is 4.95. The monoisotopic (exact) mass is 297 g/mol. The molecule has 1 aromatic rings. The highest BCUT2D eigenvalue weighted by molar-refractivity contribution is 5.48. The molecule has 0 radical (unpaired) electrons. The van der Waals surface area contributed by atoms with E-state index in [-0.39, 0.29) is 5.69 Å². The van der Waals surface area contributed by atoms with Gasteiger partial charge in [0.05, 0.1) is 37.7 Å². The van der Waals surface area contributed by atoms with E-state index in [2.05, 4.69) is 20.8 Å². The van der Waals surface area contributed by atoms with E-state index in [1.807, 2.05) is 0 Å². The second-order valence-corrected chi connectivity index (χ2v) is 4.95. The second kappa shape index (κ2) is 7.83. The minimum atomic E-state index is -0.434. The lowest BCUT2D eigenvalue weighted by Crippen LogP contribution is -2.49. The summed E-state index contributed by atoms with van der Waals surface area (Å²) in [6, 6.07) is 4.39. The Morgan fingerprint density at radius 3 is 2.24 bits per heavy atom. The predicted octanol–water partition coefficient (Wildman–Crippen LogP) is 2.86. The first kappa shape index (κ1) is 17.2. The molecule has 118 valence electrons. The van der Waals surface area contributed by atoms with E-state index < -0.39 is 4.92 Å². The summed E-state index contributed by atoms with van der Waals surface area (Å²) in [6.45, 7) is 11.0. The first-order chi connectivity index (χ1) is 10.0. The van der Waals surface area contributed by atoms with Crippen LogP contribution in [0.1, 0.15) is 20.8 Å². The first-order valence-corrected chi connectivity index (χ1v) is 7.32. The van der Waals surface area contributed by atoms with Crippen molar-refractivity contribution >= 4 is 5.69 Å². The number of ether oxygens (including phenoxy) is 2. The Balaban J connectivity index is 2.78. The van der Waals surface area contributed by atoms with Crippen LogP contribution in [0.4, 0.5) is 5.69 Å². The van der Waals surface area contributed by atoms with Crippen molar-refractivity contribution in [1.29, 1.82) is 0 Å². The molecule has 0 saturated heterocycles. The molecule has 0 amide bonds. The number of hydrogen-bond donors (Lipinski definition) is 0. The summed E-state index contributed by atoms with van der Waals surface area (Å²) < 4.78 is 11.9. The Kier molecular flexibility index (Phi) is 6.42. The largest absolute Gasteiger partial charge is 0.493 e. The van der Waals surface area contributed by atoms with Gasteiger partial charge in [-0.1, -0.05) is 0 Å². The van der Waals surface area contributed by atoms with E-state index in [1.54, 1.807) is 6.07 Å². The summed E-state index contributed by atoms with van der Waals surface area (Å²) in [5.41, 5.74) is 0.00743. The average Bonchev–Trinajstić information content (AvgIpc) is 2.51. The molecule has 0 spiro atoms. The van der Waals surface area contributed by atoms with Crippen molar-refractivity contribution in [3.63, 3.8) is 0 Å². The van der Waals surface area contributed by atoms with Crippen molar-refractivity contribution in [2.45, 2.75) is 20.8 Å². The molecule has 0 aliphatic heterocycles. The molecule has 0 N–H and O–H groups in total. The Bertz CT molecular complexity index is 464. The zero-order valence-electron chi connectivity index (χ0n) is 13.3. The van der Waals surface area contributed by atoms with Crippen molar-refractivity contribution in [2.24, 2.45) is 0 Å². The standard InChI is InChI=1S/C15H25N2O4/c1-5-17(6-2,7-3)10-11-21-15-12-13(16(18)19)8-9-14(15)20-4/h8-9,12H,5-7,10-11H2,1-4H3/q+1. The summed E-state index contributed by atoms with van der Waals surface area (Å²) in [4.78, 5) is 10.4. The number of nitrogens with zero attached hydrogens (tertiary/aromatic N) is 2. The van der Waals surface area contributed by atoms with Gasteiger partial charge < -0.3 is 14.0 Å². The van der Waals surface area contributed by atoms with Gasteiger partial charge in [-0.05, 0) is 26.8 Å². The van der Waals surface area contributed by atoms with Crippen LogP contribution in [0.2, 0.25) is 0 Å². The molecule has 1 rings (SSSR count). The van der Waals surface area contributed by atoms with E-state index in [1.165, 1.54) is 19.2 Å². The number of nitro benzene ring substituents is 1. The Morgan fingerprint density at radius 1 is 1.14 bits per heavy atom. The van der Waals surface area contributed by atoms with Gasteiger partial charge in [-0.25, -0.2) is 0 Å². The van der Waals surface area contributed by atoms with Crippen LogP contribution in [0, 0.1) is 10.1 Å². The molecule has 0 atom stereocenters. The topological polar surface area (TPSA) is 61.6 Å². The van der Waals surface area contributed by atoms with Crippen molar-refractivity contribution in [3.05, 3.63) is 28.3 Å². The third-order valence-electron chi connectivity index (χ3n) is 4.19. The normalized spacial score (nSPS) is 11.2. The molecule has 0 aromatic heterocycles. The van der Waals surface area contributed by atoms with Crippen LogP contribution in [0.25, 0.3) is 0 Å². The fraction of sp³-hybridized carbons (Fsp3) is 0.600. The van der Waals surface area contributed by atoms with Gasteiger partial charge in [0.15, 0.2) is 11.5 Å². The minimum absolute atomic E-state index is 0.00743. The Hall–Kier alpha value is -1.82. The Morgan fingerprint density at radius 2 is 1.76 bits per heavy atom. The van der Waals surface area contributed by atoms with Crippen molar-refractivity contribution in [2.75, 3.05) is 39.9 Å². The molecular weight excluding hydrogens is 272 g/mol. The van der Waals surface area contributed by atoms with Crippen LogP contribution in [0.15, 0.2) is 18.2 Å². The maximum atomic E-state index is 10.8. The van der Waals surface area contributed by atoms with Gasteiger partial charge in [0.25, 0.3) is 5.69 Å². The summed E-state index contributed by atoms with van der Waals surface area (Å²) in [5.74, 6) is 0.941. The van der Waals surface area contributed by atoms with E-state index in [0.717, 1.165) is 30.7 Å². The van der Waals surface area contributed by atoms with Crippen LogP contribution >= 0.6 is 0 Å².